The van der Waals surface area contributed by atoms with E-state index in [0.29, 0.717) is 29.1 Å². The van der Waals surface area contributed by atoms with Gasteiger partial charge in [0.05, 0.1) is 22.4 Å². The number of nitrogens with zero attached hydrogens (tertiary/aromatic N) is 5. The number of hydrogen-bond donors (Lipinski definition) is 2. The minimum absolute atomic E-state index is 0. The van der Waals surface area contributed by atoms with Crippen LogP contribution in [0.3, 0.4) is 0 Å². The number of piperazine rings is 2. The molecule has 9 rings (SSSR count). The van der Waals surface area contributed by atoms with Gasteiger partial charge in [0.25, 0.3) is 0 Å². The number of ketones is 1. The van der Waals surface area contributed by atoms with Crippen molar-refractivity contribution < 1.29 is 27.9 Å². The SMILES string of the molecule is C.C.CN1CCN(C(N)=S)CC1.CN1CCN(c2nc(C3(c4ccccc4F)CCCCC3)cs2)CC1.O=C(CCl)C1(c2ccccc2F)CCCCC1.O=C(O)C1(c2ccccc2F)CCCCC1. The summed E-state index contributed by atoms with van der Waals surface area (Å²) in [6.07, 6.45) is 13.9. The van der Waals surface area contributed by atoms with Crippen LogP contribution in [-0.4, -0.2) is 114 Å². The molecular weight excluding hydrogens is 949 g/mol. The molecule has 9 nitrogen and oxygen atoms in total. The molecule has 3 saturated carbocycles. The smallest absolute Gasteiger partial charge is 0.314 e. The molecule has 1 aromatic heterocycles. The van der Waals surface area contributed by atoms with Crippen LogP contribution in [0.4, 0.5) is 18.3 Å². The average molecular weight is 1030 g/mol. The van der Waals surface area contributed by atoms with E-state index in [-0.39, 0.29) is 43.6 Å². The maximum absolute atomic E-state index is 14.7. The summed E-state index contributed by atoms with van der Waals surface area (Å²) in [6, 6.07) is 20.1. The number of benzene rings is 3. The van der Waals surface area contributed by atoms with Gasteiger partial charge in [0.1, 0.15) is 17.5 Å². The lowest BCUT2D eigenvalue weighted by atomic mass is 9.67. The van der Waals surface area contributed by atoms with Crippen molar-refractivity contribution in [2.75, 3.05) is 77.2 Å². The van der Waals surface area contributed by atoms with Crippen molar-refractivity contribution in [1.82, 2.24) is 19.7 Å². The van der Waals surface area contributed by atoms with E-state index in [1.54, 1.807) is 59.9 Å². The number of rotatable bonds is 8. The third-order valence-electron chi connectivity index (χ3n) is 14.9. The topological polar surface area (TPSA) is 106 Å². The molecule has 0 atom stereocenters. The van der Waals surface area contributed by atoms with Gasteiger partial charge >= 0.3 is 5.97 Å². The minimum atomic E-state index is -0.996. The summed E-state index contributed by atoms with van der Waals surface area (Å²) in [5, 5.41) is 13.2. The third-order valence-corrected chi connectivity index (χ3v) is 16.3. The van der Waals surface area contributed by atoms with Crippen LogP contribution in [0.5, 0.6) is 0 Å². The van der Waals surface area contributed by atoms with Crippen molar-refractivity contribution in [3.63, 3.8) is 0 Å². The fourth-order valence-corrected chi connectivity index (χ4v) is 12.2. The fraction of sp³-hybridized carbons (Fsp3) is 0.564. The van der Waals surface area contributed by atoms with Crippen LogP contribution in [0.2, 0.25) is 0 Å². The number of hydrogen-bond acceptors (Lipinski definition) is 8. The summed E-state index contributed by atoms with van der Waals surface area (Å²) < 4.78 is 42.3. The number of nitrogens with two attached hydrogens (primary N) is 1. The van der Waals surface area contributed by atoms with Crippen molar-refractivity contribution in [2.24, 2.45) is 5.73 Å². The molecule has 0 amide bonds. The van der Waals surface area contributed by atoms with E-state index in [9.17, 15) is 27.9 Å². The Kier molecular flexibility index (Phi) is 23.1. The number of likely N-dealkylation sites (N-methyl/N-ethyl adjacent to an activating group) is 2. The maximum atomic E-state index is 14.7. The quantitative estimate of drug-likeness (QED) is 0.131. The van der Waals surface area contributed by atoms with Gasteiger partial charge in [0.15, 0.2) is 16.0 Å². The normalized spacial score (nSPS) is 19.7. The molecule has 70 heavy (non-hydrogen) atoms. The zero-order chi connectivity index (χ0) is 48.7. The molecule has 0 bridgehead atoms. The van der Waals surface area contributed by atoms with E-state index >= 15 is 0 Å². The van der Waals surface area contributed by atoms with Gasteiger partial charge in [-0.05, 0) is 88.6 Å². The lowest BCUT2D eigenvalue weighted by molar-refractivity contribution is -0.145. The first kappa shape index (κ1) is 58.5. The van der Waals surface area contributed by atoms with Crippen molar-refractivity contribution in [2.45, 2.75) is 127 Å². The molecule has 3 aliphatic carbocycles. The Bertz CT molecular complexity index is 2250. The van der Waals surface area contributed by atoms with Gasteiger partial charge in [-0.3, -0.25) is 9.59 Å². The molecular formula is C55H78ClF3N6O3S2. The zero-order valence-electron chi connectivity index (χ0n) is 39.9. The van der Waals surface area contributed by atoms with Crippen LogP contribution >= 0.6 is 35.2 Å². The number of carbonyl (C=O) groups excluding carboxylic acids is 1. The molecule has 0 spiro atoms. The van der Waals surface area contributed by atoms with Gasteiger partial charge in [-0.1, -0.05) is 127 Å². The fourth-order valence-electron chi connectivity index (χ4n) is 10.8. The number of thiazole rings is 1. The first-order chi connectivity index (χ1) is 32.8. The molecule has 2 aliphatic heterocycles. The number of carboxylic acids is 1. The van der Waals surface area contributed by atoms with Gasteiger partial charge in [-0.25, -0.2) is 18.2 Å². The van der Waals surface area contributed by atoms with E-state index in [2.05, 4.69) is 34.2 Å². The Morgan fingerprint density at radius 2 is 1.04 bits per heavy atom. The van der Waals surface area contributed by atoms with Gasteiger partial charge < -0.3 is 30.4 Å². The minimum Gasteiger partial charge on any atom is -0.481 e. The molecule has 0 unspecified atom stereocenters. The number of carbonyl (C=O) groups is 2. The highest BCUT2D eigenvalue weighted by Crippen LogP contribution is 2.47. The maximum Gasteiger partial charge on any atom is 0.314 e. The van der Waals surface area contributed by atoms with E-state index in [4.69, 9.17) is 34.5 Å². The summed E-state index contributed by atoms with van der Waals surface area (Å²) in [7, 11) is 4.27. The van der Waals surface area contributed by atoms with E-state index in [1.807, 2.05) is 17.0 Å². The van der Waals surface area contributed by atoms with Crippen LogP contribution < -0.4 is 10.6 Å². The van der Waals surface area contributed by atoms with Crippen molar-refractivity contribution in [3.05, 3.63) is 118 Å². The highest BCUT2D eigenvalue weighted by Gasteiger charge is 2.44. The monoisotopic (exact) mass is 1030 g/mol. The van der Waals surface area contributed by atoms with Crippen LogP contribution in [0.15, 0.2) is 78.2 Å². The predicted molar refractivity (Wildman–Crippen MR) is 287 cm³/mol. The number of Topliss-reactive ketones (excluding diaryl/α,β-unsaturated/α-hetero) is 1. The predicted octanol–water partition coefficient (Wildman–Crippen LogP) is 12.0. The highest BCUT2D eigenvalue weighted by molar-refractivity contribution is 7.80. The van der Waals surface area contributed by atoms with E-state index in [1.165, 1.54) is 18.6 Å². The van der Waals surface area contributed by atoms with Crippen LogP contribution in [0.25, 0.3) is 0 Å². The number of alkyl halides is 1. The average Bonchev–Trinajstić information content (AvgIpc) is 3.87. The second-order valence-electron chi connectivity index (χ2n) is 19.2. The lowest BCUT2D eigenvalue weighted by Gasteiger charge is -2.37. The number of aliphatic carboxylic acids is 1. The molecule has 5 fully saturated rings. The van der Waals surface area contributed by atoms with Gasteiger partial charge in [-0.2, -0.15) is 0 Å². The molecule has 5 aliphatic rings. The summed E-state index contributed by atoms with van der Waals surface area (Å²) in [5.74, 6) is -1.73. The van der Waals surface area contributed by atoms with Crippen LogP contribution in [0, 0.1) is 17.5 Å². The highest BCUT2D eigenvalue weighted by atomic mass is 35.5. The Balaban J connectivity index is 0.000000211. The van der Waals surface area contributed by atoms with Gasteiger partial charge in [0.2, 0.25) is 0 Å². The molecule has 3 heterocycles. The lowest BCUT2D eigenvalue weighted by Crippen LogP contribution is -2.48. The Hall–Kier alpha value is -4.08. The largest absolute Gasteiger partial charge is 0.481 e. The molecule has 3 aromatic carbocycles. The second-order valence-corrected chi connectivity index (χ2v) is 20.7. The van der Waals surface area contributed by atoms with Crippen molar-refractivity contribution in [3.8, 4) is 0 Å². The Labute approximate surface area is 431 Å². The second kappa shape index (κ2) is 27.7. The number of anilines is 1. The molecule has 3 N–H and O–H groups in total. The van der Waals surface area contributed by atoms with E-state index in [0.717, 1.165) is 146 Å². The van der Waals surface area contributed by atoms with Crippen molar-refractivity contribution in [1.29, 1.82) is 0 Å². The number of halogens is 4. The molecule has 15 heteroatoms. The molecule has 4 aromatic rings. The standard InChI is InChI=1S/C20H26FN3S.C14H16ClFO.C13H15FO2.C6H13N3S.2CH4/c1-23-11-13-24(14-12-23)19-22-18(15-25-19)20(9-5-2-6-10-20)16-7-3-4-8-17(16)21;15-10-13(17)14(8-4-1-5-9-14)11-6-2-3-7-12(11)16;14-11-7-3-2-6-10(11)13(12(15)16)8-4-1-5-9-13;1-8-2-4-9(5-3-8)6(7)10;;/h3-4,7-8,15H,2,5-6,9-14H2,1H3;2-3,6-7H,1,4-5,8-10H2;2-3,6-7H,1,4-5,8-9H2,(H,15,16);2-5H2,1H3,(H2,7,10);2*1H4. The summed E-state index contributed by atoms with van der Waals surface area (Å²) >= 11 is 12.3. The number of aromatic nitrogens is 1. The van der Waals surface area contributed by atoms with Gasteiger partial charge in [-0.15, -0.1) is 22.9 Å². The summed E-state index contributed by atoms with van der Waals surface area (Å²) in [6.45, 7) is 8.29. The molecule has 2 saturated heterocycles. The molecule has 386 valence electrons. The third kappa shape index (κ3) is 14.1. The first-order valence-corrected chi connectivity index (χ1v) is 26.3. The number of thiocarbonyl (C=S) groups is 1. The molecule has 0 radical (unpaired) electrons. The van der Waals surface area contributed by atoms with Crippen LogP contribution in [0.1, 0.15) is 134 Å². The van der Waals surface area contributed by atoms with Gasteiger partial charge in [0, 0.05) is 74.3 Å². The van der Waals surface area contributed by atoms with E-state index < -0.39 is 22.6 Å². The number of carboxylic acid groups (broad SMARTS) is 1. The van der Waals surface area contributed by atoms with Crippen LogP contribution in [-0.2, 0) is 25.8 Å². The Morgan fingerprint density at radius 3 is 1.47 bits per heavy atom. The summed E-state index contributed by atoms with van der Waals surface area (Å²) in [5.41, 5.74) is 6.33. The first-order valence-electron chi connectivity index (χ1n) is 24.5. The van der Waals surface area contributed by atoms with Crippen molar-refractivity contribution >= 4 is 57.2 Å². The Morgan fingerprint density at radius 1 is 0.643 bits per heavy atom. The summed E-state index contributed by atoms with van der Waals surface area (Å²) in [4.78, 5) is 37.7. The zero-order valence-corrected chi connectivity index (χ0v) is 42.3.